The number of carbonyl (C=O) groups excluding carboxylic acids is 4. The minimum absolute atomic E-state index is 0.00302. The van der Waals surface area contributed by atoms with Crippen molar-refractivity contribution in [3.8, 4) is 5.75 Å². The van der Waals surface area contributed by atoms with Gasteiger partial charge in [-0.2, -0.15) is 13.2 Å². The van der Waals surface area contributed by atoms with Gasteiger partial charge in [0.2, 0.25) is 5.91 Å². The van der Waals surface area contributed by atoms with Gasteiger partial charge in [0, 0.05) is 38.6 Å². The number of hydrogen-bond acceptors (Lipinski definition) is 6. The molecule has 4 rings (SSSR count). The molecule has 2 aliphatic heterocycles. The molecule has 0 aromatic heterocycles. The summed E-state index contributed by atoms with van der Waals surface area (Å²) in [5, 5.41) is 2.70. The van der Waals surface area contributed by atoms with E-state index in [2.05, 4.69) is 5.32 Å². The van der Waals surface area contributed by atoms with Crippen molar-refractivity contribution in [3.63, 3.8) is 0 Å². The van der Waals surface area contributed by atoms with Crippen LogP contribution in [0.2, 0.25) is 0 Å². The van der Waals surface area contributed by atoms with E-state index in [-0.39, 0.29) is 43.4 Å². The molecule has 0 bridgehead atoms. The molecule has 10 nitrogen and oxygen atoms in total. The van der Waals surface area contributed by atoms with Crippen LogP contribution >= 0.6 is 0 Å². The number of hydrogen-bond donors (Lipinski definition) is 1. The predicted molar refractivity (Wildman–Crippen MR) is 156 cm³/mol. The Kier molecular flexibility index (Phi) is 9.46. The number of likely N-dealkylation sites (tertiary alicyclic amines) is 1. The van der Waals surface area contributed by atoms with Crippen molar-refractivity contribution >= 4 is 29.5 Å². The molecule has 13 heteroatoms. The second kappa shape index (κ2) is 12.5. The molecular weight excluding hydrogens is 581 g/mol. The number of amides is 4. The molecule has 2 heterocycles. The summed E-state index contributed by atoms with van der Waals surface area (Å²) >= 11 is 0. The van der Waals surface area contributed by atoms with Gasteiger partial charge in [-0.25, -0.2) is 4.79 Å². The molecule has 1 aliphatic carbocycles. The highest BCUT2D eigenvalue weighted by Crippen LogP contribution is 2.49. The summed E-state index contributed by atoms with van der Waals surface area (Å²) < 4.78 is 55.2. The average Bonchev–Trinajstić information content (AvgIpc) is 2.90. The normalized spacial score (nSPS) is 19.7. The number of rotatable bonds is 7. The van der Waals surface area contributed by atoms with Crippen LogP contribution in [0.5, 0.6) is 5.75 Å². The maximum Gasteiger partial charge on any atom is 0.417 e. The minimum Gasteiger partial charge on any atom is -0.475 e. The summed E-state index contributed by atoms with van der Waals surface area (Å²) in [6.45, 7) is 10.9. The van der Waals surface area contributed by atoms with E-state index in [0.29, 0.717) is 38.6 Å². The van der Waals surface area contributed by atoms with E-state index in [0.717, 1.165) is 12.1 Å². The van der Waals surface area contributed by atoms with Crippen LogP contribution < -0.4 is 15.0 Å². The number of carbonyl (C=O) groups is 4. The maximum atomic E-state index is 14.6. The van der Waals surface area contributed by atoms with Gasteiger partial charge >= 0.3 is 12.3 Å². The highest BCUT2D eigenvalue weighted by atomic mass is 19.4. The van der Waals surface area contributed by atoms with Gasteiger partial charge in [0.05, 0.1) is 22.9 Å². The minimum atomic E-state index is -4.89. The maximum absolute atomic E-state index is 14.6. The van der Waals surface area contributed by atoms with Crippen molar-refractivity contribution in [2.24, 2.45) is 0 Å². The standard InChI is InChI=1S/C31H43F3N4O6/c1-7-25(39)35-13-15-37-23-16-21(22(31(32,33)34)17-24(23)43-30(27(37)41)11-9-12-30)26(40)38(19(2)3)20-10-8-14-36(18-20)28(42)44-29(4,5)6/h16-17,19-20H,7-15,18H2,1-6H3,(H,35,39)/t20-/m1/s1. The topological polar surface area (TPSA) is 108 Å². The fraction of sp³-hybridized carbons (Fsp3) is 0.677. The third-order valence-electron chi connectivity index (χ3n) is 8.24. The molecule has 3 aliphatic rings. The van der Waals surface area contributed by atoms with Crippen molar-refractivity contribution < 1.29 is 41.8 Å². The lowest BCUT2D eigenvalue weighted by Gasteiger charge is -2.47. The van der Waals surface area contributed by atoms with Crippen molar-refractivity contribution in [2.75, 3.05) is 31.1 Å². The fourth-order valence-corrected chi connectivity index (χ4v) is 5.99. The summed E-state index contributed by atoms with van der Waals surface area (Å²) in [5.41, 5.74) is -3.70. The molecule has 4 amide bonds. The van der Waals surface area contributed by atoms with Crippen LogP contribution in [-0.4, -0.2) is 83.1 Å². The zero-order valence-corrected chi connectivity index (χ0v) is 26.3. The second-order valence-corrected chi connectivity index (χ2v) is 13.0. The monoisotopic (exact) mass is 624 g/mol. The van der Waals surface area contributed by atoms with Crippen molar-refractivity contribution in [1.29, 1.82) is 0 Å². The second-order valence-electron chi connectivity index (χ2n) is 13.0. The fourth-order valence-electron chi connectivity index (χ4n) is 5.99. The van der Waals surface area contributed by atoms with Crippen LogP contribution in [0.3, 0.4) is 0 Å². The first-order valence-corrected chi connectivity index (χ1v) is 15.3. The third-order valence-corrected chi connectivity index (χ3v) is 8.24. The number of halogens is 3. The van der Waals surface area contributed by atoms with Gasteiger partial charge in [-0.15, -0.1) is 0 Å². The zero-order chi connectivity index (χ0) is 32.6. The molecule has 44 heavy (non-hydrogen) atoms. The zero-order valence-electron chi connectivity index (χ0n) is 26.3. The van der Waals surface area contributed by atoms with E-state index in [9.17, 15) is 32.3 Å². The number of ether oxygens (including phenoxy) is 2. The summed E-state index contributed by atoms with van der Waals surface area (Å²) in [6, 6.07) is 0.853. The van der Waals surface area contributed by atoms with E-state index in [4.69, 9.17) is 9.47 Å². The van der Waals surface area contributed by atoms with Crippen molar-refractivity contribution in [3.05, 3.63) is 23.3 Å². The molecule has 1 aromatic rings. The van der Waals surface area contributed by atoms with Crippen molar-refractivity contribution in [1.82, 2.24) is 15.1 Å². The van der Waals surface area contributed by atoms with Gasteiger partial charge in [0.15, 0.2) is 5.60 Å². The van der Waals surface area contributed by atoms with Gasteiger partial charge < -0.3 is 29.5 Å². The van der Waals surface area contributed by atoms with Gasteiger partial charge in [-0.05, 0) is 78.9 Å². The largest absolute Gasteiger partial charge is 0.475 e. The van der Waals surface area contributed by atoms with Gasteiger partial charge in [0.1, 0.15) is 11.4 Å². The SMILES string of the molecule is CCC(=O)NCCN1C(=O)C2(CCC2)Oc2cc(C(F)(F)F)c(C(=O)N(C(C)C)[C@@H]3CCCN(C(=O)OC(C)(C)C)C3)cc21. The van der Waals surface area contributed by atoms with Crippen LogP contribution in [-0.2, 0) is 20.5 Å². The van der Waals surface area contributed by atoms with E-state index in [1.165, 1.54) is 14.7 Å². The number of benzene rings is 1. The first-order chi connectivity index (χ1) is 20.5. The van der Waals surface area contributed by atoms with Crippen LogP contribution in [0.4, 0.5) is 23.7 Å². The Morgan fingerprint density at radius 3 is 2.39 bits per heavy atom. The Balaban J connectivity index is 1.73. The summed E-state index contributed by atoms with van der Waals surface area (Å²) in [6.07, 6.45) is -2.76. The first-order valence-electron chi connectivity index (χ1n) is 15.3. The first kappa shape index (κ1) is 33.4. The number of nitrogens with zero attached hydrogens (tertiary/aromatic N) is 3. The Labute approximate surface area is 256 Å². The van der Waals surface area contributed by atoms with Crippen LogP contribution in [0.25, 0.3) is 0 Å². The quantitative estimate of drug-likeness (QED) is 0.451. The van der Waals surface area contributed by atoms with Gasteiger partial charge in [0.25, 0.3) is 11.8 Å². The van der Waals surface area contributed by atoms with Crippen LogP contribution in [0.15, 0.2) is 12.1 Å². The van der Waals surface area contributed by atoms with Crippen LogP contribution in [0.1, 0.15) is 96.0 Å². The molecule has 1 saturated carbocycles. The third kappa shape index (κ3) is 6.91. The molecule has 0 unspecified atom stereocenters. The molecule has 1 saturated heterocycles. The van der Waals surface area contributed by atoms with Crippen molar-refractivity contribution in [2.45, 2.75) is 110 Å². The molecule has 1 aromatic carbocycles. The van der Waals surface area contributed by atoms with Gasteiger partial charge in [-0.1, -0.05) is 6.92 Å². The molecule has 244 valence electrons. The smallest absolute Gasteiger partial charge is 0.417 e. The lowest BCUT2D eigenvalue weighted by atomic mass is 9.77. The number of piperidine rings is 1. The molecular formula is C31H43F3N4O6. The highest BCUT2D eigenvalue weighted by Gasteiger charge is 2.53. The predicted octanol–water partition coefficient (Wildman–Crippen LogP) is 5.13. The Morgan fingerprint density at radius 1 is 1.16 bits per heavy atom. The summed E-state index contributed by atoms with van der Waals surface area (Å²) in [7, 11) is 0. The molecule has 1 N–H and O–H groups in total. The Morgan fingerprint density at radius 2 is 1.84 bits per heavy atom. The lowest BCUT2D eigenvalue weighted by Crippen LogP contribution is -2.61. The Bertz CT molecular complexity index is 1290. The lowest BCUT2D eigenvalue weighted by molar-refractivity contribution is -0.144. The van der Waals surface area contributed by atoms with Crippen LogP contribution in [0, 0.1) is 0 Å². The molecule has 1 atom stereocenters. The summed E-state index contributed by atoms with van der Waals surface area (Å²) in [5.74, 6) is -1.61. The van der Waals surface area contributed by atoms with E-state index >= 15 is 0 Å². The van der Waals surface area contributed by atoms with Gasteiger partial charge in [-0.3, -0.25) is 14.4 Å². The van der Waals surface area contributed by atoms with E-state index in [1.54, 1.807) is 41.5 Å². The average molecular weight is 625 g/mol. The summed E-state index contributed by atoms with van der Waals surface area (Å²) in [4.78, 5) is 56.6. The van der Waals surface area contributed by atoms with E-state index < -0.39 is 58.5 Å². The number of nitrogens with one attached hydrogen (secondary N) is 1. The molecule has 0 radical (unpaired) electrons. The number of anilines is 1. The number of fused-ring (bicyclic) bond motifs is 1. The van der Waals surface area contributed by atoms with E-state index in [1.807, 2.05) is 0 Å². The Hall–Kier alpha value is -3.51. The number of alkyl halides is 3. The molecule has 2 fully saturated rings. The highest BCUT2D eigenvalue weighted by molar-refractivity contribution is 6.06. The molecule has 1 spiro atoms.